The molecule has 0 fully saturated rings. The van der Waals surface area contributed by atoms with E-state index in [1.165, 1.54) is 33.7 Å². The van der Waals surface area contributed by atoms with Crippen molar-refractivity contribution in [1.29, 1.82) is 0 Å². The number of thioether (sulfide) groups is 1. The fraction of sp³-hybridized carbons (Fsp3) is 0.537. The van der Waals surface area contributed by atoms with Crippen molar-refractivity contribution in [2.45, 2.75) is 129 Å². The molecule has 0 bridgehead atoms. The minimum Gasteiger partial charge on any atom is -0.465 e. The van der Waals surface area contributed by atoms with Crippen LogP contribution in [0.1, 0.15) is 76.6 Å². The SMILES string of the molecule is CC(C)(C)C(c1cc(-c2cc(F)ccc2F)cn1Cc1ccccc1)N(CCCN(CC[Si](C)(C)C)C(=O)O)C(=O)CSCC(NC(=O)CC[Si](C)(C)C)C(=O)NCCNC(=O)CCCCCN1C(=O)C=CC1=O. The quantitative estimate of drug-likeness (QED) is 0.0287. The molecule has 0 radical (unpaired) electrons. The maximum Gasteiger partial charge on any atom is 0.407 e. The van der Waals surface area contributed by atoms with Gasteiger partial charge in [-0.05, 0) is 66.6 Å². The molecule has 4 N–H and O–H groups in total. The van der Waals surface area contributed by atoms with Crippen LogP contribution < -0.4 is 16.0 Å². The van der Waals surface area contributed by atoms with Crippen LogP contribution in [0.25, 0.3) is 11.1 Å². The lowest BCUT2D eigenvalue weighted by Crippen LogP contribution is -2.50. The molecule has 2 atom stereocenters. The van der Waals surface area contributed by atoms with Gasteiger partial charge in [0, 0.05) is 116 Å². The zero-order valence-electron chi connectivity index (χ0n) is 44.9. The van der Waals surface area contributed by atoms with Gasteiger partial charge in [0.2, 0.25) is 23.6 Å². The maximum absolute atomic E-state index is 15.5. The van der Waals surface area contributed by atoms with Crippen molar-refractivity contribution in [2.24, 2.45) is 5.41 Å². The van der Waals surface area contributed by atoms with E-state index in [2.05, 4.69) is 55.2 Å². The van der Waals surface area contributed by atoms with Gasteiger partial charge in [-0.15, -0.1) is 11.8 Å². The Morgan fingerprint density at radius 1 is 0.770 bits per heavy atom. The minimum absolute atomic E-state index is 0.0399. The number of nitrogens with zero attached hydrogens (tertiary/aromatic N) is 4. The lowest BCUT2D eigenvalue weighted by atomic mass is 9.83. The molecule has 2 heterocycles. The van der Waals surface area contributed by atoms with Gasteiger partial charge < -0.3 is 35.4 Å². The van der Waals surface area contributed by atoms with Crippen LogP contribution in [0, 0.1) is 17.0 Å². The maximum atomic E-state index is 15.5. The van der Waals surface area contributed by atoms with Crippen LogP contribution >= 0.6 is 11.8 Å². The van der Waals surface area contributed by atoms with Gasteiger partial charge in [-0.25, -0.2) is 13.6 Å². The molecule has 3 aromatic rings. The number of imide groups is 1. The van der Waals surface area contributed by atoms with Gasteiger partial charge in [0.25, 0.3) is 11.8 Å². The number of rotatable bonds is 30. The van der Waals surface area contributed by atoms with Crippen LogP contribution in [0.4, 0.5) is 13.6 Å². The van der Waals surface area contributed by atoms with Crippen LogP contribution in [0.2, 0.25) is 51.4 Å². The van der Waals surface area contributed by atoms with Gasteiger partial charge in [0.15, 0.2) is 0 Å². The number of aromatic nitrogens is 1. The molecule has 1 aliphatic rings. The fourth-order valence-corrected chi connectivity index (χ4v) is 11.3. The third-order valence-corrected chi connectivity index (χ3v) is 17.0. The zero-order chi connectivity index (χ0) is 54.8. The third kappa shape index (κ3) is 20.6. The van der Waals surface area contributed by atoms with E-state index in [0.717, 1.165) is 29.8 Å². The molecule has 7 amide bonds. The Labute approximate surface area is 442 Å². The van der Waals surface area contributed by atoms with Gasteiger partial charge >= 0.3 is 6.09 Å². The second-order valence-corrected chi connectivity index (χ2v) is 34.8. The summed E-state index contributed by atoms with van der Waals surface area (Å²) in [5.41, 5.74) is 1.43. The van der Waals surface area contributed by atoms with Crippen molar-refractivity contribution in [3.8, 4) is 11.1 Å². The number of hydrogen-bond acceptors (Lipinski definition) is 8. The molecule has 0 aliphatic carbocycles. The van der Waals surface area contributed by atoms with E-state index in [4.69, 9.17) is 0 Å². The number of unbranched alkanes of at least 4 members (excludes halogenated alkanes) is 2. The van der Waals surface area contributed by atoms with E-state index in [0.29, 0.717) is 56.1 Å². The first-order chi connectivity index (χ1) is 34.7. The van der Waals surface area contributed by atoms with E-state index < -0.39 is 57.3 Å². The smallest absolute Gasteiger partial charge is 0.407 e. The molecular weight excluding hydrogens is 1000 g/mol. The first-order valence-electron chi connectivity index (χ1n) is 25.6. The molecular formula is C54H79F2N7O8SSi2. The summed E-state index contributed by atoms with van der Waals surface area (Å²) < 4.78 is 32.1. The minimum atomic E-state index is -1.62. The molecule has 74 heavy (non-hydrogen) atoms. The van der Waals surface area contributed by atoms with E-state index in [9.17, 15) is 43.1 Å². The highest BCUT2D eigenvalue weighted by Crippen LogP contribution is 2.41. The Morgan fingerprint density at radius 3 is 2.07 bits per heavy atom. The van der Waals surface area contributed by atoms with E-state index in [1.54, 1.807) is 17.2 Å². The van der Waals surface area contributed by atoms with Crippen molar-refractivity contribution < 1.29 is 47.4 Å². The number of hydrogen-bond donors (Lipinski definition) is 4. The average Bonchev–Trinajstić information content (AvgIpc) is 3.87. The Bertz CT molecular complexity index is 2420. The molecule has 2 aromatic carbocycles. The highest BCUT2D eigenvalue weighted by Gasteiger charge is 2.38. The summed E-state index contributed by atoms with van der Waals surface area (Å²) in [5, 5.41) is 18.7. The average molecular weight is 1080 g/mol. The van der Waals surface area contributed by atoms with Crippen LogP contribution in [-0.4, -0.2) is 139 Å². The second kappa shape index (κ2) is 28.3. The highest BCUT2D eigenvalue weighted by molar-refractivity contribution is 8.00. The largest absolute Gasteiger partial charge is 0.465 e. The van der Waals surface area contributed by atoms with E-state index in [1.807, 2.05) is 55.7 Å². The Hall–Kier alpha value is -5.61. The van der Waals surface area contributed by atoms with Gasteiger partial charge in [-0.1, -0.05) is 96.8 Å². The van der Waals surface area contributed by atoms with Crippen molar-refractivity contribution >= 4 is 69.4 Å². The summed E-state index contributed by atoms with van der Waals surface area (Å²) in [6.07, 6.45) is 5.73. The van der Waals surface area contributed by atoms with Crippen LogP contribution in [0.3, 0.4) is 0 Å². The summed E-state index contributed by atoms with van der Waals surface area (Å²) in [4.78, 5) is 95.0. The Kier molecular flexibility index (Phi) is 23.3. The van der Waals surface area contributed by atoms with E-state index in [-0.39, 0.29) is 92.2 Å². The monoisotopic (exact) mass is 1080 g/mol. The summed E-state index contributed by atoms with van der Waals surface area (Å²) in [6.45, 7) is 20.5. The number of carbonyl (C=O) groups excluding carboxylic acids is 6. The van der Waals surface area contributed by atoms with Crippen LogP contribution in [0.15, 0.2) is 72.9 Å². The van der Waals surface area contributed by atoms with Gasteiger partial charge in [0.1, 0.15) is 17.7 Å². The molecule has 1 aliphatic heterocycles. The topological polar surface area (TPSA) is 190 Å². The van der Waals surface area contributed by atoms with Gasteiger partial charge in [-0.3, -0.25) is 33.7 Å². The molecule has 15 nitrogen and oxygen atoms in total. The first-order valence-corrected chi connectivity index (χ1v) is 34.2. The first kappa shape index (κ1) is 60.9. The lowest BCUT2D eigenvalue weighted by Gasteiger charge is -2.41. The number of carbonyl (C=O) groups is 7. The third-order valence-electron chi connectivity index (χ3n) is 12.5. The van der Waals surface area contributed by atoms with Crippen LogP contribution in [-0.2, 0) is 35.3 Å². The number of benzene rings is 2. The van der Waals surface area contributed by atoms with E-state index >= 15 is 4.39 Å². The van der Waals surface area contributed by atoms with Gasteiger partial charge in [-0.2, -0.15) is 0 Å². The summed E-state index contributed by atoms with van der Waals surface area (Å²) in [6, 6.07) is 14.5. The number of halogens is 2. The molecule has 4 rings (SSSR count). The second-order valence-electron chi connectivity index (χ2n) is 22.5. The number of nitrogens with one attached hydrogen (secondary N) is 3. The summed E-state index contributed by atoms with van der Waals surface area (Å²) in [5.74, 6) is -3.24. The molecule has 20 heteroatoms. The number of amides is 7. The zero-order valence-corrected chi connectivity index (χ0v) is 47.7. The molecule has 0 spiro atoms. The molecule has 2 unspecified atom stereocenters. The summed E-state index contributed by atoms with van der Waals surface area (Å²) in [7, 11) is -3.22. The Balaban J connectivity index is 1.56. The standard InChI is InChI=1S/C54H79F2N7O8SSi2/c1-54(2,3)51(45-33-40(42-34-41(55)20-21-43(42)56)36-61(45)35-39-17-12-10-13-18-39)63(29-16-27-60(53(70)71)30-32-74(7,8)9)50(68)38-72-37-44(59-47(65)24-31-73(4,5)6)52(69)58-26-25-57-46(64)19-14-11-15-28-62-48(66)22-23-49(62)67/h10,12-13,17-18,20-23,33-34,36,44,51H,11,14-16,19,24-32,35,37-38H2,1-9H3,(H,57,64)(H,58,69)(H,59,65)(H,70,71). The fourth-order valence-electron chi connectivity index (χ4n) is 8.48. The number of carboxylic acid groups (broad SMARTS) is 1. The van der Waals surface area contributed by atoms with Crippen LogP contribution in [0.5, 0.6) is 0 Å². The predicted molar refractivity (Wildman–Crippen MR) is 294 cm³/mol. The van der Waals surface area contributed by atoms with Crippen molar-refractivity contribution in [1.82, 2.24) is 35.2 Å². The van der Waals surface area contributed by atoms with Crippen molar-refractivity contribution in [3.05, 3.63) is 95.8 Å². The molecule has 406 valence electrons. The Morgan fingerprint density at radius 2 is 1.43 bits per heavy atom. The van der Waals surface area contributed by atoms with Gasteiger partial charge in [0.05, 0.1) is 11.8 Å². The lowest BCUT2D eigenvalue weighted by molar-refractivity contribution is -0.137. The summed E-state index contributed by atoms with van der Waals surface area (Å²) >= 11 is 1.18. The molecule has 0 saturated carbocycles. The van der Waals surface area contributed by atoms with Crippen molar-refractivity contribution in [2.75, 3.05) is 50.8 Å². The molecule has 1 aromatic heterocycles. The predicted octanol–water partition coefficient (Wildman–Crippen LogP) is 8.77. The normalized spacial score (nSPS) is 13.7. The highest BCUT2D eigenvalue weighted by atomic mass is 32.2. The molecule has 0 saturated heterocycles. The van der Waals surface area contributed by atoms with Crippen molar-refractivity contribution in [3.63, 3.8) is 0 Å².